The first-order valence-corrected chi connectivity index (χ1v) is 11.6. The van der Waals surface area contributed by atoms with Crippen molar-refractivity contribution in [2.45, 2.75) is 46.1 Å². The summed E-state index contributed by atoms with van der Waals surface area (Å²) in [6.07, 6.45) is 5.61. The predicted molar refractivity (Wildman–Crippen MR) is 143 cm³/mol. The lowest BCUT2D eigenvalue weighted by Gasteiger charge is -2.30. The number of piperidine rings is 1. The van der Waals surface area contributed by atoms with Crippen LogP contribution in [0.5, 0.6) is 0 Å². The largest absolute Gasteiger partial charge is 0.444 e. The summed E-state index contributed by atoms with van der Waals surface area (Å²) < 4.78 is 5.62. The van der Waals surface area contributed by atoms with Gasteiger partial charge in [0.1, 0.15) is 12.0 Å². The number of hydrogen-bond donors (Lipinski definition) is 3. The van der Waals surface area contributed by atoms with Crippen LogP contribution in [-0.2, 0) is 11.3 Å². The number of nitrogens with one attached hydrogen (secondary N) is 2. The van der Waals surface area contributed by atoms with Crippen LogP contribution >= 0.6 is 24.0 Å². The third-order valence-electron chi connectivity index (χ3n) is 5.78. The molecule has 1 amide bonds. The first-order valence-electron chi connectivity index (χ1n) is 11.6. The standard InChI is InChI=1S/C24H36N6O2.HI/c1-3-26-24(27-12-4-5-13-30-14-10-19(11-15-30)22(25)31)28-16-21-17-32-23(29-21)20-8-6-18(2)7-9-20;/h6-9,17,19H,3-5,10-16H2,1-2H3,(H2,25,31)(H2,26,27,28);1H. The van der Waals surface area contributed by atoms with Gasteiger partial charge in [0.2, 0.25) is 11.8 Å². The Morgan fingerprint density at radius 2 is 1.94 bits per heavy atom. The van der Waals surface area contributed by atoms with Crippen LogP contribution in [0.15, 0.2) is 39.9 Å². The summed E-state index contributed by atoms with van der Waals surface area (Å²) in [4.78, 5) is 22.9. The van der Waals surface area contributed by atoms with Crippen molar-refractivity contribution in [2.75, 3.05) is 32.7 Å². The average Bonchev–Trinajstić information content (AvgIpc) is 3.27. The lowest BCUT2D eigenvalue weighted by molar-refractivity contribution is -0.123. The molecule has 0 atom stereocenters. The molecular weight excluding hydrogens is 531 g/mol. The lowest BCUT2D eigenvalue weighted by Crippen LogP contribution is -2.39. The molecule has 1 aromatic heterocycles. The molecule has 2 heterocycles. The van der Waals surface area contributed by atoms with E-state index in [2.05, 4.69) is 39.4 Å². The number of aliphatic imine (C=N–C) groups is 1. The van der Waals surface area contributed by atoms with Crippen LogP contribution in [0.25, 0.3) is 11.5 Å². The molecule has 9 heteroatoms. The van der Waals surface area contributed by atoms with E-state index in [-0.39, 0.29) is 35.8 Å². The molecule has 2 aromatic rings. The van der Waals surface area contributed by atoms with Crippen molar-refractivity contribution in [2.24, 2.45) is 16.6 Å². The van der Waals surface area contributed by atoms with Crippen molar-refractivity contribution in [3.63, 3.8) is 0 Å². The van der Waals surface area contributed by atoms with Crippen LogP contribution in [0.4, 0.5) is 0 Å². The summed E-state index contributed by atoms with van der Waals surface area (Å²) in [5.74, 6) is 1.31. The molecule has 1 aliphatic rings. The summed E-state index contributed by atoms with van der Waals surface area (Å²) in [6, 6.07) is 8.13. The van der Waals surface area contributed by atoms with E-state index in [4.69, 9.17) is 10.2 Å². The average molecular weight is 569 g/mol. The third-order valence-corrected chi connectivity index (χ3v) is 5.78. The Bertz CT molecular complexity index is 875. The molecule has 0 saturated carbocycles. The Kier molecular flexibility index (Phi) is 11.7. The minimum atomic E-state index is -0.152. The van der Waals surface area contributed by atoms with Gasteiger partial charge in [-0.15, -0.1) is 24.0 Å². The number of aromatic nitrogens is 1. The van der Waals surface area contributed by atoms with Crippen molar-refractivity contribution in [3.8, 4) is 11.5 Å². The Morgan fingerprint density at radius 1 is 1.21 bits per heavy atom. The topological polar surface area (TPSA) is 109 Å². The maximum atomic E-state index is 11.3. The molecular formula is C24H37IN6O2. The molecule has 0 unspecified atom stereocenters. The normalized spacial score (nSPS) is 15.2. The zero-order chi connectivity index (χ0) is 22.8. The fraction of sp³-hybridized carbons (Fsp3) is 0.542. The Morgan fingerprint density at radius 3 is 2.61 bits per heavy atom. The number of nitrogens with two attached hydrogens (primary N) is 1. The van der Waals surface area contributed by atoms with Gasteiger partial charge in [-0.05, 0) is 71.3 Å². The summed E-state index contributed by atoms with van der Waals surface area (Å²) in [6.45, 7) is 9.22. The van der Waals surface area contributed by atoms with Gasteiger partial charge in [0, 0.05) is 24.6 Å². The highest BCUT2D eigenvalue weighted by molar-refractivity contribution is 14.0. The molecule has 0 spiro atoms. The van der Waals surface area contributed by atoms with Crippen LogP contribution in [0.1, 0.15) is 43.9 Å². The van der Waals surface area contributed by atoms with Crippen LogP contribution in [0, 0.1) is 12.8 Å². The Labute approximate surface area is 213 Å². The highest BCUT2D eigenvalue weighted by Crippen LogP contribution is 2.19. The van der Waals surface area contributed by atoms with E-state index in [1.165, 1.54) is 5.56 Å². The molecule has 1 fully saturated rings. The van der Waals surface area contributed by atoms with Crippen molar-refractivity contribution in [1.29, 1.82) is 0 Å². The molecule has 0 aliphatic carbocycles. The number of hydrogen-bond acceptors (Lipinski definition) is 5. The summed E-state index contributed by atoms with van der Waals surface area (Å²) >= 11 is 0. The quantitative estimate of drug-likeness (QED) is 0.176. The molecule has 4 N–H and O–H groups in total. The van der Waals surface area contributed by atoms with Gasteiger partial charge in [-0.2, -0.15) is 0 Å². The zero-order valence-corrected chi connectivity index (χ0v) is 22.0. The number of rotatable bonds is 10. The number of carbonyl (C=O) groups excluding carboxylic acids is 1. The molecule has 0 radical (unpaired) electrons. The number of unbranched alkanes of at least 4 members (excludes halogenated alkanes) is 1. The number of halogens is 1. The number of benzene rings is 1. The molecule has 1 saturated heterocycles. The monoisotopic (exact) mass is 568 g/mol. The van der Waals surface area contributed by atoms with E-state index in [0.717, 1.165) is 75.6 Å². The number of primary amides is 1. The molecule has 0 bridgehead atoms. The molecule has 1 aliphatic heterocycles. The van der Waals surface area contributed by atoms with Crippen molar-refractivity contribution >= 4 is 35.8 Å². The van der Waals surface area contributed by atoms with Gasteiger partial charge >= 0.3 is 0 Å². The molecule has 8 nitrogen and oxygen atoms in total. The molecule has 182 valence electrons. The maximum Gasteiger partial charge on any atom is 0.226 e. The lowest BCUT2D eigenvalue weighted by atomic mass is 9.96. The van der Waals surface area contributed by atoms with Crippen LogP contribution in [0.3, 0.4) is 0 Å². The van der Waals surface area contributed by atoms with Crippen LogP contribution < -0.4 is 16.4 Å². The Hall–Kier alpha value is -2.14. The molecule has 3 rings (SSSR count). The molecule has 1 aromatic carbocycles. The van der Waals surface area contributed by atoms with Gasteiger partial charge in [0.05, 0.1) is 6.54 Å². The van der Waals surface area contributed by atoms with Crippen molar-refractivity contribution in [1.82, 2.24) is 20.5 Å². The van der Waals surface area contributed by atoms with Crippen molar-refractivity contribution in [3.05, 3.63) is 41.8 Å². The van der Waals surface area contributed by atoms with Gasteiger partial charge in [0.15, 0.2) is 5.96 Å². The minimum absolute atomic E-state index is 0. The smallest absolute Gasteiger partial charge is 0.226 e. The van der Waals surface area contributed by atoms with Crippen molar-refractivity contribution < 1.29 is 9.21 Å². The van der Waals surface area contributed by atoms with Gasteiger partial charge in [0.25, 0.3) is 0 Å². The van der Waals surface area contributed by atoms with E-state index in [9.17, 15) is 4.79 Å². The van der Waals surface area contributed by atoms with E-state index < -0.39 is 0 Å². The maximum absolute atomic E-state index is 11.3. The molecule has 33 heavy (non-hydrogen) atoms. The van der Waals surface area contributed by atoms with E-state index in [1.807, 2.05) is 24.3 Å². The fourth-order valence-electron chi connectivity index (χ4n) is 3.82. The van der Waals surface area contributed by atoms with E-state index in [1.54, 1.807) is 6.26 Å². The van der Waals surface area contributed by atoms with Crippen LogP contribution in [-0.4, -0.2) is 54.5 Å². The number of likely N-dealkylation sites (tertiary alicyclic amines) is 1. The van der Waals surface area contributed by atoms with E-state index in [0.29, 0.717) is 12.4 Å². The first kappa shape index (κ1) is 27.1. The number of guanidine groups is 1. The predicted octanol–water partition coefficient (Wildman–Crippen LogP) is 3.30. The van der Waals surface area contributed by atoms with Crippen LogP contribution in [0.2, 0.25) is 0 Å². The highest BCUT2D eigenvalue weighted by atomic mass is 127. The zero-order valence-electron chi connectivity index (χ0n) is 19.7. The SMILES string of the molecule is CCNC(=NCc1coc(-c2ccc(C)cc2)n1)NCCCCN1CCC(C(N)=O)CC1.I. The van der Waals surface area contributed by atoms with Gasteiger partial charge in [-0.25, -0.2) is 9.98 Å². The fourth-order valence-corrected chi connectivity index (χ4v) is 3.82. The van der Waals surface area contributed by atoms with Gasteiger partial charge < -0.3 is 25.7 Å². The van der Waals surface area contributed by atoms with Gasteiger partial charge in [-0.3, -0.25) is 4.79 Å². The Balaban J connectivity index is 0.00000385. The number of nitrogens with zero attached hydrogens (tertiary/aromatic N) is 3. The van der Waals surface area contributed by atoms with E-state index >= 15 is 0 Å². The first-order chi connectivity index (χ1) is 15.5. The second kappa shape index (κ2) is 14.2. The second-order valence-corrected chi connectivity index (χ2v) is 8.36. The summed E-state index contributed by atoms with van der Waals surface area (Å²) in [5.41, 5.74) is 8.39. The third kappa shape index (κ3) is 8.96. The number of amides is 1. The number of aryl methyl sites for hydroxylation is 1. The highest BCUT2D eigenvalue weighted by Gasteiger charge is 2.22. The second-order valence-electron chi connectivity index (χ2n) is 8.36. The minimum Gasteiger partial charge on any atom is -0.444 e. The van der Waals surface area contributed by atoms with Gasteiger partial charge in [-0.1, -0.05) is 17.7 Å². The summed E-state index contributed by atoms with van der Waals surface area (Å²) in [5, 5.41) is 6.68. The summed E-state index contributed by atoms with van der Waals surface area (Å²) in [7, 11) is 0. The number of oxazole rings is 1. The number of carbonyl (C=O) groups is 1.